The van der Waals surface area contributed by atoms with Crippen LogP contribution in [-0.4, -0.2) is 23.2 Å². The molecule has 0 spiro atoms. The Morgan fingerprint density at radius 3 is 1.16 bits per heavy atom. The highest BCUT2D eigenvalue weighted by Crippen LogP contribution is 2.07. The average molecular weight is 434 g/mol. The van der Waals surface area contributed by atoms with Crippen molar-refractivity contribution in [3.05, 3.63) is 107 Å². The van der Waals surface area contributed by atoms with Crippen molar-refractivity contribution < 1.29 is 18.4 Å². The molecule has 32 heavy (non-hydrogen) atoms. The monoisotopic (exact) mass is 434 g/mol. The molecule has 0 unspecified atom stereocenters. The number of carbonyl (C=O) groups is 2. The van der Waals surface area contributed by atoms with Gasteiger partial charge in [-0.05, 0) is 73.5 Å². The van der Waals surface area contributed by atoms with E-state index in [4.69, 9.17) is 0 Å². The van der Waals surface area contributed by atoms with Gasteiger partial charge in [0.25, 0.3) is 11.8 Å². The number of hydrogen-bond acceptors (Lipinski definition) is 4. The first kappa shape index (κ1) is 22.5. The Balaban J connectivity index is 1.59. The highest BCUT2D eigenvalue weighted by molar-refractivity contribution is 6.02. The Labute approximate surface area is 183 Å². The van der Waals surface area contributed by atoms with E-state index in [1.807, 2.05) is 0 Å². The van der Waals surface area contributed by atoms with E-state index >= 15 is 0 Å². The fourth-order valence-electron chi connectivity index (χ4n) is 2.68. The first-order chi connectivity index (χ1) is 15.3. The number of hydrogen-bond donors (Lipinski definition) is 2. The van der Waals surface area contributed by atoms with Crippen molar-refractivity contribution in [2.45, 2.75) is 13.8 Å². The van der Waals surface area contributed by atoms with Gasteiger partial charge in [-0.1, -0.05) is 24.3 Å². The topological polar surface area (TPSA) is 82.9 Å². The largest absolute Gasteiger partial charge is 0.271 e. The van der Waals surface area contributed by atoms with Crippen LogP contribution in [0.25, 0.3) is 0 Å². The highest BCUT2D eigenvalue weighted by Gasteiger charge is 2.09. The fourth-order valence-corrected chi connectivity index (χ4v) is 2.68. The molecule has 0 fully saturated rings. The summed E-state index contributed by atoms with van der Waals surface area (Å²) in [7, 11) is 0. The summed E-state index contributed by atoms with van der Waals surface area (Å²) in [6.07, 6.45) is 0. The molecule has 3 aromatic carbocycles. The average Bonchev–Trinajstić information content (AvgIpc) is 2.81. The Bertz CT molecular complexity index is 1080. The molecule has 6 nitrogen and oxygen atoms in total. The Kier molecular flexibility index (Phi) is 7.17. The van der Waals surface area contributed by atoms with E-state index in [1.165, 1.54) is 48.5 Å². The van der Waals surface area contributed by atoms with Crippen LogP contribution >= 0.6 is 0 Å². The van der Waals surface area contributed by atoms with Crippen molar-refractivity contribution in [2.24, 2.45) is 10.2 Å². The second-order valence-electron chi connectivity index (χ2n) is 6.87. The molecule has 0 aliphatic heterocycles. The lowest BCUT2D eigenvalue weighted by molar-refractivity contribution is 0.0943. The van der Waals surface area contributed by atoms with Crippen LogP contribution in [0.1, 0.15) is 45.7 Å². The molecule has 0 aliphatic carbocycles. The molecule has 0 saturated heterocycles. The number of nitrogens with one attached hydrogen (secondary N) is 2. The maximum Gasteiger partial charge on any atom is 0.271 e. The van der Waals surface area contributed by atoms with Crippen LogP contribution in [0.2, 0.25) is 0 Å². The number of hydrazone groups is 2. The fraction of sp³-hybridized carbons (Fsp3) is 0.0833. The number of nitrogens with zero attached hydrogens (tertiary/aromatic N) is 2. The minimum absolute atomic E-state index is 0.309. The lowest BCUT2D eigenvalue weighted by Gasteiger charge is -2.05. The van der Waals surface area contributed by atoms with E-state index in [1.54, 1.807) is 38.1 Å². The zero-order chi connectivity index (χ0) is 23.1. The molecule has 162 valence electrons. The summed E-state index contributed by atoms with van der Waals surface area (Å²) in [6, 6.07) is 17.5. The van der Waals surface area contributed by atoms with Crippen LogP contribution in [0.15, 0.2) is 83.0 Å². The molecule has 0 saturated carbocycles. The summed E-state index contributed by atoms with van der Waals surface area (Å²) in [5.74, 6) is -1.62. The molecule has 0 bridgehead atoms. The summed E-state index contributed by atoms with van der Waals surface area (Å²) in [4.78, 5) is 24.6. The summed E-state index contributed by atoms with van der Waals surface area (Å²) >= 11 is 0. The summed E-state index contributed by atoms with van der Waals surface area (Å²) < 4.78 is 26.0. The van der Waals surface area contributed by atoms with E-state index in [0.29, 0.717) is 33.7 Å². The normalized spacial score (nSPS) is 11.8. The maximum atomic E-state index is 13.0. The zero-order valence-electron chi connectivity index (χ0n) is 17.4. The number of carbonyl (C=O) groups excluding carboxylic acids is 2. The van der Waals surface area contributed by atoms with Gasteiger partial charge < -0.3 is 0 Å². The Morgan fingerprint density at radius 1 is 0.562 bits per heavy atom. The zero-order valence-corrected chi connectivity index (χ0v) is 17.4. The minimum Gasteiger partial charge on any atom is -0.267 e. The van der Waals surface area contributed by atoms with Gasteiger partial charge in [-0.25, -0.2) is 19.6 Å². The molecule has 0 heterocycles. The smallest absolute Gasteiger partial charge is 0.267 e. The second-order valence-corrected chi connectivity index (χ2v) is 6.87. The van der Waals surface area contributed by atoms with Crippen molar-refractivity contribution in [1.82, 2.24) is 10.9 Å². The molecular formula is C24H20F2N4O2. The van der Waals surface area contributed by atoms with Crippen molar-refractivity contribution in [3.8, 4) is 0 Å². The van der Waals surface area contributed by atoms with Gasteiger partial charge >= 0.3 is 0 Å². The molecule has 2 amide bonds. The SMILES string of the molecule is C/C(=N/NC(=O)c1ccc(C(=O)N/N=C(\C)c2ccc(F)cc2)cc1)c1ccc(F)cc1. The number of halogens is 2. The van der Waals surface area contributed by atoms with Gasteiger partial charge in [-0.15, -0.1) is 0 Å². The first-order valence-corrected chi connectivity index (χ1v) is 9.64. The third-order valence-electron chi connectivity index (χ3n) is 4.58. The number of benzene rings is 3. The van der Waals surface area contributed by atoms with E-state index in [-0.39, 0.29) is 11.6 Å². The second kappa shape index (κ2) is 10.2. The quantitative estimate of drug-likeness (QED) is 0.449. The predicted octanol–water partition coefficient (Wildman–Crippen LogP) is 4.27. The molecular weight excluding hydrogens is 414 g/mol. The van der Waals surface area contributed by atoms with Crippen molar-refractivity contribution in [2.75, 3.05) is 0 Å². The van der Waals surface area contributed by atoms with Crippen LogP contribution in [0.4, 0.5) is 8.78 Å². The van der Waals surface area contributed by atoms with Crippen LogP contribution in [0.3, 0.4) is 0 Å². The lowest BCUT2D eigenvalue weighted by Crippen LogP contribution is -2.21. The molecule has 0 aliphatic rings. The third kappa shape index (κ3) is 5.91. The number of amides is 2. The van der Waals surface area contributed by atoms with Gasteiger partial charge in [0.05, 0.1) is 11.4 Å². The van der Waals surface area contributed by atoms with Gasteiger partial charge in [0.15, 0.2) is 0 Å². The maximum absolute atomic E-state index is 13.0. The van der Waals surface area contributed by atoms with Gasteiger partial charge in [0.2, 0.25) is 0 Å². The minimum atomic E-state index is -0.455. The van der Waals surface area contributed by atoms with Gasteiger partial charge in [-0.3, -0.25) is 9.59 Å². The van der Waals surface area contributed by atoms with Gasteiger partial charge in [0, 0.05) is 11.1 Å². The van der Waals surface area contributed by atoms with Gasteiger partial charge in [-0.2, -0.15) is 10.2 Å². The standard InChI is InChI=1S/C24H20F2N4O2/c1-15(17-7-11-21(25)12-8-17)27-29-23(31)19-3-5-20(6-4-19)24(32)30-28-16(2)18-9-13-22(26)14-10-18/h3-14H,1-2H3,(H,29,31)(H,30,32)/b27-15-,28-16+. The molecule has 8 heteroatoms. The van der Waals surface area contributed by atoms with Crippen molar-refractivity contribution >= 4 is 23.2 Å². The highest BCUT2D eigenvalue weighted by atomic mass is 19.1. The van der Waals surface area contributed by atoms with E-state index in [0.717, 1.165) is 0 Å². The van der Waals surface area contributed by atoms with Crippen LogP contribution in [0.5, 0.6) is 0 Å². The van der Waals surface area contributed by atoms with E-state index < -0.39 is 11.8 Å². The Hall–Kier alpha value is -4.20. The molecule has 3 rings (SSSR count). The van der Waals surface area contributed by atoms with E-state index in [9.17, 15) is 18.4 Å². The molecule has 0 radical (unpaired) electrons. The molecule has 0 atom stereocenters. The van der Waals surface area contributed by atoms with E-state index in [2.05, 4.69) is 21.1 Å². The van der Waals surface area contributed by atoms with Crippen LogP contribution in [-0.2, 0) is 0 Å². The van der Waals surface area contributed by atoms with Crippen LogP contribution in [0, 0.1) is 11.6 Å². The summed E-state index contributed by atoms with van der Waals surface area (Å²) in [5.41, 5.74) is 7.86. The lowest BCUT2D eigenvalue weighted by atomic mass is 10.1. The summed E-state index contributed by atoms with van der Waals surface area (Å²) in [6.45, 7) is 3.38. The summed E-state index contributed by atoms with van der Waals surface area (Å²) in [5, 5.41) is 8.03. The molecule has 3 aromatic rings. The van der Waals surface area contributed by atoms with Crippen LogP contribution < -0.4 is 10.9 Å². The van der Waals surface area contributed by atoms with Gasteiger partial charge in [0.1, 0.15) is 11.6 Å². The number of rotatable bonds is 6. The van der Waals surface area contributed by atoms with Crippen molar-refractivity contribution in [3.63, 3.8) is 0 Å². The predicted molar refractivity (Wildman–Crippen MR) is 119 cm³/mol. The molecule has 2 N–H and O–H groups in total. The van der Waals surface area contributed by atoms with Crippen molar-refractivity contribution in [1.29, 1.82) is 0 Å². The third-order valence-corrected chi connectivity index (χ3v) is 4.58. The first-order valence-electron chi connectivity index (χ1n) is 9.64. The molecule has 0 aromatic heterocycles. The Morgan fingerprint density at radius 2 is 0.844 bits per heavy atom.